The molecule has 1 N–H and O–H groups in total. The normalized spacial score (nSPS) is 10.6. The highest BCUT2D eigenvalue weighted by Gasteiger charge is 2.14. The fourth-order valence-electron chi connectivity index (χ4n) is 2.60. The van der Waals surface area contributed by atoms with Gasteiger partial charge >= 0.3 is 0 Å². The molecule has 0 aliphatic heterocycles. The van der Waals surface area contributed by atoms with E-state index in [0.717, 1.165) is 15.7 Å². The first-order valence-electron chi connectivity index (χ1n) is 8.39. The third-order valence-corrected chi connectivity index (χ3v) is 5.52. The van der Waals surface area contributed by atoms with Crippen LogP contribution in [0.2, 0.25) is 5.02 Å². The van der Waals surface area contributed by atoms with Crippen LogP contribution in [0.15, 0.2) is 63.5 Å². The van der Waals surface area contributed by atoms with Crippen molar-refractivity contribution in [3.05, 3.63) is 85.5 Å². The monoisotopic (exact) mass is 527 g/mol. The van der Waals surface area contributed by atoms with Crippen molar-refractivity contribution >= 4 is 49.1 Å². The molecule has 0 fully saturated rings. The lowest BCUT2D eigenvalue weighted by Crippen LogP contribution is -2.04. The second-order valence-corrected chi connectivity index (χ2v) is 8.14. The van der Waals surface area contributed by atoms with Crippen molar-refractivity contribution in [1.29, 1.82) is 0 Å². The summed E-state index contributed by atoms with van der Waals surface area (Å²) in [6, 6.07) is 16.3. The van der Waals surface area contributed by atoms with Gasteiger partial charge in [-0.15, -0.1) is 0 Å². The third-order valence-electron chi connectivity index (χ3n) is 4.05. The quantitative estimate of drug-likeness (QED) is 0.351. The second-order valence-electron chi connectivity index (χ2n) is 5.96. The number of halogens is 4. The molecular weight excluding hydrogens is 512 g/mol. The van der Waals surface area contributed by atoms with Crippen LogP contribution in [0.25, 0.3) is 0 Å². The van der Waals surface area contributed by atoms with Crippen LogP contribution in [0.5, 0.6) is 11.5 Å². The van der Waals surface area contributed by atoms with Gasteiger partial charge in [0.05, 0.1) is 16.6 Å². The minimum absolute atomic E-state index is 0.00302. The molecule has 0 atom stereocenters. The van der Waals surface area contributed by atoms with Crippen molar-refractivity contribution in [3.63, 3.8) is 0 Å². The molecule has 0 aliphatic carbocycles. The summed E-state index contributed by atoms with van der Waals surface area (Å²) in [6.45, 7) is 0.604. The maximum Gasteiger partial charge on any atom is 0.175 e. The van der Waals surface area contributed by atoms with E-state index in [9.17, 15) is 4.39 Å². The summed E-state index contributed by atoms with van der Waals surface area (Å²) in [5, 5.41) is 3.68. The number of hydrogen-bond acceptors (Lipinski definition) is 3. The Balaban J connectivity index is 1.74. The summed E-state index contributed by atoms with van der Waals surface area (Å²) in [7, 11) is 1.57. The van der Waals surface area contributed by atoms with E-state index in [-0.39, 0.29) is 6.61 Å². The lowest BCUT2D eigenvalue weighted by molar-refractivity contribution is 0.278. The largest absolute Gasteiger partial charge is 0.493 e. The molecule has 0 aromatic heterocycles. The number of rotatable bonds is 7. The smallest absolute Gasteiger partial charge is 0.175 e. The number of nitrogens with one attached hydrogen (secondary N) is 1. The average Bonchev–Trinajstić information content (AvgIpc) is 2.68. The van der Waals surface area contributed by atoms with E-state index in [1.807, 2.05) is 36.4 Å². The molecule has 0 unspecified atom stereocenters. The van der Waals surface area contributed by atoms with Crippen LogP contribution < -0.4 is 14.8 Å². The Bertz CT molecular complexity index is 947. The summed E-state index contributed by atoms with van der Waals surface area (Å²) >= 11 is 13.0. The molecule has 146 valence electrons. The highest BCUT2D eigenvalue weighted by atomic mass is 79.9. The van der Waals surface area contributed by atoms with Crippen molar-refractivity contribution in [2.75, 3.05) is 12.4 Å². The van der Waals surface area contributed by atoms with Gasteiger partial charge in [0.25, 0.3) is 0 Å². The molecule has 0 heterocycles. The zero-order chi connectivity index (χ0) is 20.1. The Morgan fingerprint density at radius 2 is 1.82 bits per heavy atom. The SMILES string of the molecule is COc1cc(CNc2ccc(Br)cc2)cc(Br)c1OCc1c(F)cccc1Cl. The molecule has 0 aliphatic rings. The molecule has 0 bridgehead atoms. The van der Waals surface area contributed by atoms with E-state index < -0.39 is 5.82 Å². The molecule has 0 saturated carbocycles. The van der Waals surface area contributed by atoms with E-state index in [4.69, 9.17) is 21.1 Å². The predicted molar refractivity (Wildman–Crippen MR) is 118 cm³/mol. The first-order valence-corrected chi connectivity index (χ1v) is 10.4. The fourth-order valence-corrected chi connectivity index (χ4v) is 3.69. The van der Waals surface area contributed by atoms with E-state index >= 15 is 0 Å². The Morgan fingerprint density at radius 1 is 1.07 bits per heavy atom. The molecule has 0 amide bonds. The maximum atomic E-state index is 14.0. The van der Waals surface area contributed by atoms with Gasteiger partial charge in [0.2, 0.25) is 0 Å². The summed E-state index contributed by atoms with van der Waals surface area (Å²) in [6.07, 6.45) is 0. The van der Waals surface area contributed by atoms with Gasteiger partial charge in [0.15, 0.2) is 11.5 Å². The number of anilines is 1. The minimum atomic E-state index is -0.405. The second kappa shape index (κ2) is 9.63. The first kappa shape index (κ1) is 21.0. The first-order chi connectivity index (χ1) is 13.5. The van der Waals surface area contributed by atoms with Crippen molar-refractivity contribution < 1.29 is 13.9 Å². The van der Waals surface area contributed by atoms with Crippen LogP contribution in [0.1, 0.15) is 11.1 Å². The topological polar surface area (TPSA) is 30.5 Å². The Morgan fingerprint density at radius 3 is 2.50 bits per heavy atom. The number of methoxy groups -OCH3 is 1. The predicted octanol–water partition coefficient (Wildman–Crippen LogP) is 7.20. The highest BCUT2D eigenvalue weighted by molar-refractivity contribution is 9.10. The fraction of sp³-hybridized carbons (Fsp3) is 0.143. The highest BCUT2D eigenvalue weighted by Crippen LogP contribution is 2.38. The van der Waals surface area contributed by atoms with Gasteiger partial charge in [0.1, 0.15) is 12.4 Å². The zero-order valence-electron chi connectivity index (χ0n) is 14.9. The molecule has 28 heavy (non-hydrogen) atoms. The summed E-state index contributed by atoms with van der Waals surface area (Å²) in [4.78, 5) is 0. The standard InChI is InChI=1S/C21H17Br2ClFNO2/c1-27-20-10-13(11-26-15-7-5-14(22)6-8-15)9-17(23)21(20)28-12-16-18(24)3-2-4-19(16)25/h2-10,26H,11-12H2,1H3. The van der Waals surface area contributed by atoms with E-state index in [1.165, 1.54) is 6.07 Å². The number of hydrogen-bond donors (Lipinski definition) is 1. The zero-order valence-corrected chi connectivity index (χ0v) is 18.9. The Hall–Kier alpha value is -1.76. The van der Waals surface area contributed by atoms with Crippen LogP contribution in [0.3, 0.4) is 0 Å². The summed E-state index contributed by atoms with van der Waals surface area (Å²) < 4.78 is 27.0. The molecule has 0 spiro atoms. The van der Waals surface area contributed by atoms with Gasteiger partial charge in [-0.25, -0.2) is 4.39 Å². The van der Waals surface area contributed by atoms with Crippen molar-refractivity contribution in [2.45, 2.75) is 13.2 Å². The van der Waals surface area contributed by atoms with E-state index in [2.05, 4.69) is 37.2 Å². The van der Waals surface area contributed by atoms with Gasteiger partial charge in [-0.2, -0.15) is 0 Å². The summed E-state index contributed by atoms with van der Waals surface area (Å²) in [5.41, 5.74) is 2.31. The Labute approximate surface area is 185 Å². The van der Waals surface area contributed by atoms with Gasteiger partial charge < -0.3 is 14.8 Å². The molecule has 3 nitrogen and oxygen atoms in total. The molecule has 3 aromatic carbocycles. The molecular formula is C21H17Br2ClFNO2. The van der Waals surface area contributed by atoms with Crippen LogP contribution in [0, 0.1) is 5.82 Å². The van der Waals surface area contributed by atoms with E-state index in [0.29, 0.717) is 33.1 Å². The van der Waals surface area contributed by atoms with Crippen molar-refractivity contribution in [2.24, 2.45) is 0 Å². The lowest BCUT2D eigenvalue weighted by atomic mass is 10.2. The number of ether oxygens (including phenoxy) is 2. The summed E-state index contributed by atoms with van der Waals surface area (Å²) in [5.74, 6) is 0.640. The van der Waals surface area contributed by atoms with Gasteiger partial charge in [-0.3, -0.25) is 0 Å². The van der Waals surface area contributed by atoms with Crippen LogP contribution >= 0.6 is 43.5 Å². The van der Waals surface area contributed by atoms with Crippen LogP contribution in [-0.4, -0.2) is 7.11 Å². The molecule has 7 heteroatoms. The van der Waals surface area contributed by atoms with Crippen LogP contribution in [0.4, 0.5) is 10.1 Å². The minimum Gasteiger partial charge on any atom is -0.493 e. The molecule has 3 aromatic rings. The molecule has 0 saturated heterocycles. The average molecular weight is 530 g/mol. The van der Waals surface area contributed by atoms with Crippen LogP contribution in [-0.2, 0) is 13.2 Å². The maximum absolute atomic E-state index is 14.0. The van der Waals surface area contributed by atoms with Crippen molar-refractivity contribution in [1.82, 2.24) is 0 Å². The van der Waals surface area contributed by atoms with E-state index in [1.54, 1.807) is 19.2 Å². The van der Waals surface area contributed by atoms with Gasteiger partial charge in [0, 0.05) is 22.3 Å². The van der Waals surface area contributed by atoms with Gasteiger partial charge in [-0.05, 0) is 70.0 Å². The Kier molecular flexibility index (Phi) is 7.21. The number of benzene rings is 3. The molecule has 3 rings (SSSR count). The third kappa shape index (κ3) is 5.19. The lowest BCUT2D eigenvalue weighted by Gasteiger charge is -2.16. The molecule has 0 radical (unpaired) electrons. The van der Waals surface area contributed by atoms with Gasteiger partial charge in [-0.1, -0.05) is 33.6 Å². The van der Waals surface area contributed by atoms with Crippen molar-refractivity contribution in [3.8, 4) is 11.5 Å².